The molecule has 2 heterocycles. The molecule has 0 bridgehead atoms. The summed E-state index contributed by atoms with van der Waals surface area (Å²) in [6.07, 6.45) is 4.46. The van der Waals surface area contributed by atoms with E-state index in [1.165, 1.54) is 0 Å². The number of aromatic nitrogens is 1. The van der Waals surface area contributed by atoms with Gasteiger partial charge in [-0.15, -0.1) is 24.8 Å². The molecule has 0 spiro atoms. The summed E-state index contributed by atoms with van der Waals surface area (Å²) in [4.78, 5) is 6.79. The zero-order valence-electron chi connectivity index (χ0n) is 11.0. The molecule has 110 valence electrons. The number of ether oxygens (including phenoxy) is 1. The van der Waals surface area contributed by atoms with Gasteiger partial charge in [0.15, 0.2) is 0 Å². The van der Waals surface area contributed by atoms with Crippen molar-refractivity contribution in [1.82, 2.24) is 9.88 Å². The number of hydrogen-bond donors (Lipinski definition) is 1. The topological polar surface area (TPSA) is 51.4 Å². The molecule has 0 radical (unpaired) electrons. The summed E-state index contributed by atoms with van der Waals surface area (Å²) in [5.74, 6) is 0. The Morgan fingerprint density at radius 2 is 2.00 bits per heavy atom. The van der Waals surface area contributed by atoms with E-state index in [-0.39, 0.29) is 24.8 Å². The highest BCUT2D eigenvalue weighted by Crippen LogP contribution is 2.15. The first-order valence-corrected chi connectivity index (χ1v) is 6.32. The first-order chi connectivity index (χ1) is 8.38. The highest BCUT2D eigenvalue weighted by molar-refractivity contribution is 5.85. The molecule has 2 N–H and O–H groups in total. The molecular formula is C13H23Cl2N3O. The predicted molar refractivity (Wildman–Crippen MR) is 82.0 cm³/mol. The van der Waals surface area contributed by atoms with E-state index < -0.39 is 0 Å². The Labute approximate surface area is 127 Å². The second-order valence-electron chi connectivity index (χ2n) is 4.46. The number of piperidine rings is 1. The normalized spacial score (nSPS) is 16.5. The Morgan fingerprint density at radius 3 is 2.58 bits per heavy atom. The van der Waals surface area contributed by atoms with Crippen LogP contribution in [-0.4, -0.2) is 42.2 Å². The van der Waals surface area contributed by atoms with Gasteiger partial charge in [0.05, 0.1) is 18.4 Å². The standard InChI is InChI=1S/C13H21N3O.2ClH/c14-6-10-17-13-4-8-16(9-5-13)11-12-3-1-2-7-15-12;;/h1-3,7,13H,4-6,8-11,14H2;2*1H. The summed E-state index contributed by atoms with van der Waals surface area (Å²) in [6.45, 7) is 4.43. The number of pyridine rings is 1. The fourth-order valence-electron chi connectivity index (χ4n) is 2.19. The van der Waals surface area contributed by atoms with E-state index in [1.54, 1.807) is 0 Å². The quantitative estimate of drug-likeness (QED) is 0.902. The zero-order chi connectivity index (χ0) is 11.9. The summed E-state index contributed by atoms with van der Waals surface area (Å²) >= 11 is 0. The number of likely N-dealkylation sites (tertiary alicyclic amines) is 1. The maximum atomic E-state index is 5.66. The van der Waals surface area contributed by atoms with Crippen molar-refractivity contribution in [1.29, 1.82) is 0 Å². The van der Waals surface area contributed by atoms with Gasteiger partial charge in [0, 0.05) is 32.4 Å². The van der Waals surface area contributed by atoms with Crippen LogP contribution in [0.4, 0.5) is 0 Å². The first-order valence-electron chi connectivity index (χ1n) is 6.32. The molecule has 1 saturated heterocycles. The van der Waals surface area contributed by atoms with E-state index in [1.807, 2.05) is 18.3 Å². The van der Waals surface area contributed by atoms with Crippen molar-refractivity contribution in [2.45, 2.75) is 25.5 Å². The van der Waals surface area contributed by atoms with E-state index >= 15 is 0 Å². The maximum Gasteiger partial charge on any atom is 0.0600 e. The minimum atomic E-state index is 0. The maximum absolute atomic E-state index is 5.66. The Balaban J connectivity index is 0.00000162. The zero-order valence-corrected chi connectivity index (χ0v) is 12.7. The Morgan fingerprint density at radius 1 is 1.26 bits per heavy atom. The first kappa shape index (κ1) is 18.6. The molecule has 0 atom stereocenters. The lowest BCUT2D eigenvalue weighted by Gasteiger charge is -2.31. The van der Waals surface area contributed by atoms with E-state index in [2.05, 4.69) is 16.0 Å². The van der Waals surface area contributed by atoms with Crippen molar-refractivity contribution in [2.75, 3.05) is 26.2 Å². The van der Waals surface area contributed by atoms with Gasteiger partial charge in [-0.25, -0.2) is 0 Å². The van der Waals surface area contributed by atoms with Crippen LogP contribution in [0.2, 0.25) is 0 Å². The second kappa shape index (κ2) is 10.4. The molecule has 0 amide bonds. The van der Waals surface area contributed by atoms with E-state index in [0.29, 0.717) is 19.3 Å². The SMILES string of the molecule is Cl.Cl.NCCOC1CCN(Cc2ccccn2)CC1. The van der Waals surface area contributed by atoms with E-state index in [4.69, 9.17) is 10.5 Å². The van der Waals surface area contributed by atoms with Gasteiger partial charge in [-0.05, 0) is 25.0 Å². The van der Waals surface area contributed by atoms with Gasteiger partial charge in [0.2, 0.25) is 0 Å². The monoisotopic (exact) mass is 307 g/mol. The van der Waals surface area contributed by atoms with Gasteiger partial charge in [0.25, 0.3) is 0 Å². The predicted octanol–water partition coefficient (Wildman–Crippen LogP) is 1.86. The van der Waals surface area contributed by atoms with Crippen molar-refractivity contribution >= 4 is 24.8 Å². The third-order valence-corrected chi connectivity index (χ3v) is 3.12. The third-order valence-electron chi connectivity index (χ3n) is 3.12. The molecule has 1 aliphatic rings. The van der Waals surface area contributed by atoms with Crippen molar-refractivity contribution in [3.8, 4) is 0 Å². The average Bonchev–Trinajstić information content (AvgIpc) is 2.39. The Hall–Kier alpha value is -0.390. The van der Waals surface area contributed by atoms with Gasteiger partial charge < -0.3 is 10.5 Å². The van der Waals surface area contributed by atoms with Gasteiger partial charge >= 0.3 is 0 Å². The highest BCUT2D eigenvalue weighted by atomic mass is 35.5. The molecule has 0 unspecified atom stereocenters. The fraction of sp³-hybridized carbons (Fsp3) is 0.615. The molecule has 0 saturated carbocycles. The van der Waals surface area contributed by atoms with Crippen molar-refractivity contribution < 1.29 is 4.74 Å². The summed E-state index contributed by atoms with van der Waals surface area (Å²) in [5.41, 5.74) is 6.58. The molecule has 6 heteroatoms. The van der Waals surface area contributed by atoms with Crippen LogP contribution in [0.5, 0.6) is 0 Å². The molecule has 0 aromatic carbocycles. The molecule has 1 aromatic rings. The highest BCUT2D eigenvalue weighted by Gasteiger charge is 2.19. The van der Waals surface area contributed by atoms with Crippen molar-refractivity contribution in [3.63, 3.8) is 0 Å². The largest absolute Gasteiger partial charge is 0.377 e. The fourth-order valence-corrected chi connectivity index (χ4v) is 2.19. The summed E-state index contributed by atoms with van der Waals surface area (Å²) in [5, 5.41) is 0. The van der Waals surface area contributed by atoms with Gasteiger partial charge in [-0.1, -0.05) is 6.07 Å². The van der Waals surface area contributed by atoms with Gasteiger partial charge in [-0.2, -0.15) is 0 Å². The molecule has 2 rings (SSSR count). The van der Waals surface area contributed by atoms with Crippen LogP contribution in [0.1, 0.15) is 18.5 Å². The third kappa shape index (κ3) is 6.54. The van der Waals surface area contributed by atoms with Crippen LogP contribution < -0.4 is 5.73 Å². The lowest BCUT2D eigenvalue weighted by molar-refractivity contribution is 0.00955. The van der Waals surface area contributed by atoms with Crippen LogP contribution in [0.25, 0.3) is 0 Å². The van der Waals surface area contributed by atoms with Crippen LogP contribution >= 0.6 is 24.8 Å². The second-order valence-corrected chi connectivity index (χ2v) is 4.46. The Kier molecular flexibility index (Phi) is 10.2. The van der Waals surface area contributed by atoms with E-state index in [9.17, 15) is 0 Å². The molecule has 1 aromatic heterocycles. The minimum Gasteiger partial charge on any atom is -0.377 e. The number of halogens is 2. The van der Waals surface area contributed by atoms with Crippen LogP contribution in [0.15, 0.2) is 24.4 Å². The number of nitrogens with two attached hydrogens (primary N) is 1. The molecular weight excluding hydrogens is 285 g/mol. The smallest absolute Gasteiger partial charge is 0.0600 e. The molecule has 4 nitrogen and oxygen atoms in total. The summed E-state index contributed by atoms with van der Waals surface area (Å²) in [6, 6.07) is 6.08. The van der Waals surface area contributed by atoms with Crippen LogP contribution in [-0.2, 0) is 11.3 Å². The summed E-state index contributed by atoms with van der Waals surface area (Å²) < 4.78 is 5.66. The summed E-state index contributed by atoms with van der Waals surface area (Å²) in [7, 11) is 0. The van der Waals surface area contributed by atoms with Gasteiger partial charge in [-0.3, -0.25) is 9.88 Å². The van der Waals surface area contributed by atoms with Crippen LogP contribution in [0.3, 0.4) is 0 Å². The van der Waals surface area contributed by atoms with E-state index in [0.717, 1.165) is 38.2 Å². The van der Waals surface area contributed by atoms with Crippen molar-refractivity contribution in [3.05, 3.63) is 30.1 Å². The molecule has 1 aliphatic heterocycles. The molecule has 19 heavy (non-hydrogen) atoms. The average molecular weight is 308 g/mol. The number of rotatable bonds is 5. The van der Waals surface area contributed by atoms with Crippen molar-refractivity contribution in [2.24, 2.45) is 5.73 Å². The molecule has 0 aliphatic carbocycles. The minimum absolute atomic E-state index is 0. The Bertz CT molecular complexity index is 319. The lowest BCUT2D eigenvalue weighted by atomic mass is 10.1. The van der Waals surface area contributed by atoms with Gasteiger partial charge in [0.1, 0.15) is 0 Å². The number of nitrogens with zero attached hydrogens (tertiary/aromatic N) is 2. The lowest BCUT2D eigenvalue weighted by Crippen LogP contribution is -2.37. The number of hydrogen-bond acceptors (Lipinski definition) is 4. The molecule has 1 fully saturated rings. The van der Waals surface area contributed by atoms with Crippen LogP contribution in [0, 0.1) is 0 Å².